The van der Waals surface area contributed by atoms with Crippen LogP contribution in [0.25, 0.3) is 0 Å². The van der Waals surface area contributed by atoms with Gasteiger partial charge in [0.25, 0.3) is 5.91 Å². The highest BCUT2D eigenvalue weighted by Crippen LogP contribution is 2.19. The van der Waals surface area contributed by atoms with E-state index in [1.807, 2.05) is 38.1 Å². The SMILES string of the molecule is CC(C)COC(=O)N1CCCN(C(=O)c2ccc(COc3ccc(Br)cc3)o2)CC1. The molecule has 1 aliphatic rings. The van der Waals surface area contributed by atoms with E-state index >= 15 is 0 Å². The largest absolute Gasteiger partial charge is 0.486 e. The maximum absolute atomic E-state index is 12.8. The first kappa shape index (κ1) is 22.2. The average Bonchev–Trinajstić information content (AvgIpc) is 3.07. The van der Waals surface area contributed by atoms with Gasteiger partial charge in [0.15, 0.2) is 5.76 Å². The fraction of sp³-hybridized carbons (Fsp3) is 0.455. The summed E-state index contributed by atoms with van der Waals surface area (Å²) in [7, 11) is 0. The average molecular weight is 479 g/mol. The molecular weight excluding hydrogens is 452 g/mol. The molecule has 7 nitrogen and oxygen atoms in total. The lowest BCUT2D eigenvalue weighted by Crippen LogP contribution is -2.37. The summed E-state index contributed by atoms with van der Waals surface area (Å²) in [5, 5.41) is 0. The summed E-state index contributed by atoms with van der Waals surface area (Å²) in [6.45, 7) is 6.67. The standard InChI is InChI=1S/C22H27BrN2O5/c1-16(2)14-29-22(27)25-11-3-10-24(12-13-25)21(26)20-9-8-19(30-20)15-28-18-6-4-17(23)5-7-18/h4-9,16H,3,10-15H2,1-2H3. The lowest BCUT2D eigenvalue weighted by Gasteiger charge is -2.21. The van der Waals surface area contributed by atoms with Gasteiger partial charge in [-0.15, -0.1) is 0 Å². The van der Waals surface area contributed by atoms with Crippen LogP contribution in [0.5, 0.6) is 5.75 Å². The second-order valence-electron chi connectivity index (χ2n) is 7.61. The Labute approximate surface area is 185 Å². The summed E-state index contributed by atoms with van der Waals surface area (Å²) in [6.07, 6.45) is 0.381. The summed E-state index contributed by atoms with van der Waals surface area (Å²) < 4.78 is 17.7. The molecule has 0 saturated carbocycles. The van der Waals surface area contributed by atoms with E-state index in [1.54, 1.807) is 21.9 Å². The molecule has 1 aliphatic heterocycles. The Balaban J connectivity index is 1.51. The number of hydrogen-bond donors (Lipinski definition) is 0. The van der Waals surface area contributed by atoms with Gasteiger partial charge in [-0.2, -0.15) is 0 Å². The third-order valence-electron chi connectivity index (χ3n) is 4.65. The topological polar surface area (TPSA) is 72.2 Å². The van der Waals surface area contributed by atoms with E-state index in [0.29, 0.717) is 50.9 Å². The lowest BCUT2D eigenvalue weighted by molar-refractivity contribution is 0.0713. The van der Waals surface area contributed by atoms with E-state index in [-0.39, 0.29) is 24.4 Å². The van der Waals surface area contributed by atoms with Gasteiger partial charge in [0.05, 0.1) is 6.61 Å². The Morgan fingerprint density at radius 1 is 1.03 bits per heavy atom. The summed E-state index contributed by atoms with van der Waals surface area (Å²) >= 11 is 3.38. The van der Waals surface area contributed by atoms with Crippen molar-refractivity contribution in [1.82, 2.24) is 9.80 Å². The van der Waals surface area contributed by atoms with Crippen LogP contribution < -0.4 is 4.74 Å². The molecule has 30 heavy (non-hydrogen) atoms. The number of furan rings is 1. The fourth-order valence-electron chi connectivity index (χ4n) is 3.04. The molecule has 0 bridgehead atoms. The van der Waals surface area contributed by atoms with Crippen LogP contribution in [0.4, 0.5) is 4.79 Å². The Hall–Kier alpha value is -2.48. The molecule has 1 aromatic carbocycles. The van der Waals surface area contributed by atoms with Gasteiger partial charge in [0.2, 0.25) is 0 Å². The molecular formula is C22H27BrN2O5. The van der Waals surface area contributed by atoms with Crippen molar-refractivity contribution < 1.29 is 23.5 Å². The predicted molar refractivity (Wildman–Crippen MR) is 115 cm³/mol. The molecule has 1 saturated heterocycles. The number of nitrogens with zero attached hydrogens (tertiary/aromatic N) is 2. The van der Waals surface area contributed by atoms with Crippen LogP contribution in [-0.2, 0) is 11.3 Å². The molecule has 162 valence electrons. The fourth-order valence-corrected chi connectivity index (χ4v) is 3.31. The lowest BCUT2D eigenvalue weighted by atomic mass is 10.2. The second kappa shape index (κ2) is 10.5. The minimum Gasteiger partial charge on any atom is -0.486 e. The number of ether oxygens (including phenoxy) is 2. The van der Waals surface area contributed by atoms with Crippen molar-refractivity contribution in [2.75, 3.05) is 32.8 Å². The zero-order chi connectivity index (χ0) is 21.5. The van der Waals surface area contributed by atoms with E-state index in [4.69, 9.17) is 13.9 Å². The zero-order valence-electron chi connectivity index (χ0n) is 17.3. The third kappa shape index (κ3) is 6.26. The summed E-state index contributed by atoms with van der Waals surface area (Å²) in [5.74, 6) is 1.69. The normalized spacial score (nSPS) is 14.5. The summed E-state index contributed by atoms with van der Waals surface area (Å²) in [5.41, 5.74) is 0. The van der Waals surface area contributed by atoms with Crippen molar-refractivity contribution >= 4 is 27.9 Å². The minimum absolute atomic E-state index is 0.178. The number of amides is 2. The molecule has 0 aliphatic carbocycles. The van der Waals surface area contributed by atoms with E-state index < -0.39 is 0 Å². The van der Waals surface area contributed by atoms with Gasteiger partial charge in [-0.25, -0.2) is 4.79 Å². The number of rotatable bonds is 6. The van der Waals surface area contributed by atoms with E-state index in [2.05, 4.69) is 15.9 Å². The van der Waals surface area contributed by atoms with Crippen LogP contribution in [0.15, 0.2) is 45.3 Å². The maximum atomic E-state index is 12.8. The van der Waals surface area contributed by atoms with Crippen LogP contribution in [0.2, 0.25) is 0 Å². The Kier molecular flexibility index (Phi) is 7.79. The first-order valence-corrected chi connectivity index (χ1v) is 10.9. The van der Waals surface area contributed by atoms with E-state index in [1.165, 1.54) is 0 Å². The molecule has 1 fully saturated rings. The highest BCUT2D eigenvalue weighted by atomic mass is 79.9. The molecule has 0 atom stereocenters. The Bertz CT molecular complexity index is 849. The molecule has 2 amide bonds. The van der Waals surface area contributed by atoms with Gasteiger partial charge in [-0.05, 0) is 48.7 Å². The zero-order valence-corrected chi connectivity index (χ0v) is 18.9. The molecule has 8 heteroatoms. The molecule has 3 rings (SSSR count). The van der Waals surface area contributed by atoms with Crippen molar-refractivity contribution in [3.05, 3.63) is 52.4 Å². The predicted octanol–water partition coefficient (Wildman–Crippen LogP) is 4.56. The van der Waals surface area contributed by atoms with Crippen molar-refractivity contribution in [2.45, 2.75) is 26.9 Å². The number of carbonyl (C=O) groups is 2. The number of benzene rings is 1. The highest BCUT2D eigenvalue weighted by molar-refractivity contribution is 9.10. The van der Waals surface area contributed by atoms with Crippen LogP contribution in [0, 0.1) is 5.92 Å². The van der Waals surface area contributed by atoms with Crippen LogP contribution in [0.1, 0.15) is 36.6 Å². The van der Waals surface area contributed by atoms with Crippen molar-refractivity contribution in [3.8, 4) is 5.75 Å². The third-order valence-corrected chi connectivity index (χ3v) is 5.18. The molecule has 0 spiro atoms. The van der Waals surface area contributed by atoms with Gasteiger partial charge in [0, 0.05) is 30.7 Å². The monoisotopic (exact) mass is 478 g/mol. The number of halogens is 1. The molecule has 0 N–H and O–H groups in total. The quantitative estimate of drug-likeness (QED) is 0.608. The first-order chi connectivity index (χ1) is 14.4. The van der Waals surface area contributed by atoms with Crippen LogP contribution >= 0.6 is 15.9 Å². The van der Waals surface area contributed by atoms with Crippen LogP contribution in [-0.4, -0.2) is 54.6 Å². The first-order valence-electron chi connectivity index (χ1n) is 10.1. The van der Waals surface area contributed by atoms with Crippen molar-refractivity contribution in [3.63, 3.8) is 0 Å². The van der Waals surface area contributed by atoms with Gasteiger partial charge in [-0.3, -0.25) is 4.79 Å². The van der Waals surface area contributed by atoms with Gasteiger partial charge >= 0.3 is 6.09 Å². The second-order valence-corrected chi connectivity index (χ2v) is 8.53. The highest BCUT2D eigenvalue weighted by Gasteiger charge is 2.25. The smallest absolute Gasteiger partial charge is 0.409 e. The van der Waals surface area contributed by atoms with Crippen molar-refractivity contribution in [1.29, 1.82) is 0 Å². The van der Waals surface area contributed by atoms with Crippen LogP contribution in [0.3, 0.4) is 0 Å². The molecule has 2 heterocycles. The maximum Gasteiger partial charge on any atom is 0.409 e. The summed E-state index contributed by atoms with van der Waals surface area (Å²) in [6, 6.07) is 10.9. The van der Waals surface area contributed by atoms with Crippen molar-refractivity contribution in [2.24, 2.45) is 5.92 Å². The van der Waals surface area contributed by atoms with Gasteiger partial charge in [-0.1, -0.05) is 29.8 Å². The number of carbonyl (C=O) groups excluding carboxylic acids is 2. The number of hydrogen-bond acceptors (Lipinski definition) is 5. The van der Waals surface area contributed by atoms with E-state index in [9.17, 15) is 9.59 Å². The molecule has 0 radical (unpaired) electrons. The molecule has 1 aromatic heterocycles. The Morgan fingerprint density at radius 3 is 2.47 bits per heavy atom. The molecule has 0 unspecified atom stereocenters. The van der Waals surface area contributed by atoms with Gasteiger partial charge in [0.1, 0.15) is 18.1 Å². The Morgan fingerprint density at radius 2 is 1.73 bits per heavy atom. The van der Waals surface area contributed by atoms with Gasteiger partial charge < -0.3 is 23.7 Å². The summed E-state index contributed by atoms with van der Waals surface area (Å²) in [4.78, 5) is 28.4. The minimum atomic E-state index is -0.316. The molecule has 2 aromatic rings. The van der Waals surface area contributed by atoms with E-state index in [0.717, 1.165) is 10.2 Å².